The summed E-state index contributed by atoms with van der Waals surface area (Å²) in [5.41, 5.74) is 13.9. The van der Waals surface area contributed by atoms with Crippen LogP contribution in [0.4, 0.5) is 17.1 Å². The highest BCUT2D eigenvalue weighted by Gasteiger charge is 2.53. The summed E-state index contributed by atoms with van der Waals surface area (Å²) < 4.78 is 0. The summed E-state index contributed by atoms with van der Waals surface area (Å²) in [5.74, 6) is 0. The van der Waals surface area contributed by atoms with Crippen LogP contribution in [-0.2, 0) is 0 Å². The van der Waals surface area contributed by atoms with Gasteiger partial charge in [-0.05, 0) is 69.4 Å². The van der Waals surface area contributed by atoms with E-state index < -0.39 is 8.07 Å². The fourth-order valence-corrected chi connectivity index (χ4v) is 10.8. The Bertz CT molecular complexity index is 1710. The molecule has 3 heterocycles. The fourth-order valence-electron chi connectivity index (χ4n) is 7.20. The SMILES string of the molecule is C[Si]1(C)C2=C(c3ccccc31)c1cccc3c1B2c1ccc(N(c2ccccc2)c2ccccc2)cc1-3. The number of para-hydroxylation sites is 2. The Morgan fingerprint density at radius 3 is 1.89 bits per heavy atom. The van der Waals surface area contributed by atoms with E-state index in [-0.39, 0.29) is 0 Å². The van der Waals surface area contributed by atoms with Gasteiger partial charge in [0, 0.05) is 17.1 Å². The summed E-state index contributed by atoms with van der Waals surface area (Å²) in [5, 5.41) is 3.31. The molecule has 3 aliphatic rings. The molecule has 8 rings (SSSR count). The van der Waals surface area contributed by atoms with Crippen LogP contribution >= 0.6 is 0 Å². The molecule has 0 aliphatic carbocycles. The smallest absolute Gasteiger partial charge is 0.236 e. The van der Waals surface area contributed by atoms with E-state index in [9.17, 15) is 0 Å². The van der Waals surface area contributed by atoms with Crippen LogP contribution in [0.25, 0.3) is 16.7 Å². The average Bonchev–Trinajstić information content (AvgIpc) is 3.54. The van der Waals surface area contributed by atoms with Crippen molar-refractivity contribution in [1.82, 2.24) is 0 Å². The lowest BCUT2D eigenvalue weighted by Crippen LogP contribution is -2.52. The van der Waals surface area contributed by atoms with Crippen LogP contribution in [0.3, 0.4) is 0 Å². The molecule has 37 heavy (non-hydrogen) atoms. The van der Waals surface area contributed by atoms with Crippen molar-refractivity contribution >= 4 is 53.5 Å². The molecule has 0 N–H and O–H groups in total. The van der Waals surface area contributed by atoms with Crippen molar-refractivity contribution in [3.05, 3.63) is 138 Å². The van der Waals surface area contributed by atoms with Crippen LogP contribution in [0.5, 0.6) is 0 Å². The third kappa shape index (κ3) is 2.75. The Hall–Kier alpha value is -4.08. The van der Waals surface area contributed by atoms with E-state index in [4.69, 9.17) is 0 Å². The molecule has 0 aromatic heterocycles. The molecule has 0 saturated carbocycles. The minimum Gasteiger partial charge on any atom is -0.310 e. The lowest BCUT2D eigenvalue weighted by atomic mass is 9.44. The second-order valence-corrected chi connectivity index (χ2v) is 15.3. The molecule has 0 spiro atoms. The first-order valence-corrected chi connectivity index (χ1v) is 16.2. The van der Waals surface area contributed by atoms with E-state index in [1.165, 1.54) is 44.8 Å². The molecule has 3 heteroatoms. The molecule has 5 aromatic carbocycles. The molecule has 0 radical (unpaired) electrons. The molecule has 0 amide bonds. The Morgan fingerprint density at radius 1 is 0.541 bits per heavy atom. The molecule has 3 aliphatic heterocycles. The highest BCUT2D eigenvalue weighted by Crippen LogP contribution is 2.47. The number of hydrogen-bond donors (Lipinski definition) is 0. The Labute approximate surface area is 219 Å². The molecular formula is C34H26BNSi. The summed E-state index contributed by atoms with van der Waals surface area (Å²) in [6.07, 6.45) is 0. The standard InChI is InChI=1S/C34H26BNSi/c1-37(2)31-19-10-9-16-27(31)32-28-18-11-17-26-29-22-25(20-21-30(29)35(33(26)28)34(32)37)36(23-12-5-3-6-13-23)24-14-7-4-8-15-24/h3-22H,1-2H3. The highest BCUT2D eigenvalue weighted by molar-refractivity contribution is 7.17. The number of anilines is 3. The molecule has 174 valence electrons. The van der Waals surface area contributed by atoms with Crippen LogP contribution in [-0.4, -0.2) is 14.8 Å². The van der Waals surface area contributed by atoms with E-state index in [1.807, 2.05) is 0 Å². The van der Waals surface area contributed by atoms with Gasteiger partial charge in [0.2, 0.25) is 6.71 Å². The summed E-state index contributed by atoms with van der Waals surface area (Å²) in [7, 11) is -1.78. The molecule has 5 aromatic rings. The van der Waals surface area contributed by atoms with Crippen molar-refractivity contribution < 1.29 is 0 Å². The van der Waals surface area contributed by atoms with E-state index in [1.54, 1.807) is 21.3 Å². The van der Waals surface area contributed by atoms with Crippen molar-refractivity contribution in [2.24, 2.45) is 0 Å². The molecule has 0 atom stereocenters. The zero-order valence-electron chi connectivity index (χ0n) is 21.1. The average molecular weight is 487 g/mol. The Morgan fingerprint density at radius 2 is 1.16 bits per heavy atom. The van der Waals surface area contributed by atoms with Gasteiger partial charge in [0.05, 0.1) is 0 Å². The summed E-state index contributed by atoms with van der Waals surface area (Å²) in [6, 6.07) is 44.8. The highest BCUT2D eigenvalue weighted by atomic mass is 28.3. The first kappa shape index (κ1) is 21.0. The van der Waals surface area contributed by atoms with Crippen LogP contribution in [0.15, 0.2) is 126 Å². The van der Waals surface area contributed by atoms with E-state index >= 15 is 0 Å². The lowest BCUT2D eigenvalue weighted by Gasteiger charge is -2.27. The number of rotatable bonds is 3. The predicted octanol–water partition coefficient (Wildman–Crippen LogP) is 6.57. The van der Waals surface area contributed by atoms with Gasteiger partial charge in [-0.25, -0.2) is 0 Å². The Balaban J connectivity index is 1.34. The largest absolute Gasteiger partial charge is 0.310 e. The van der Waals surface area contributed by atoms with Gasteiger partial charge in [0.15, 0.2) is 0 Å². The molecule has 0 unspecified atom stereocenters. The quantitative estimate of drug-likeness (QED) is 0.260. The fraction of sp³-hybridized carbons (Fsp3) is 0.0588. The van der Waals surface area contributed by atoms with Crippen LogP contribution in [0, 0.1) is 0 Å². The maximum atomic E-state index is 2.55. The van der Waals surface area contributed by atoms with Crippen LogP contribution in [0.2, 0.25) is 13.1 Å². The topological polar surface area (TPSA) is 3.24 Å². The monoisotopic (exact) mass is 487 g/mol. The molecule has 1 nitrogen and oxygen atoms in total. The maximum Gasteiger partial charge on any atom is 0.236 e. The van der Waals surface area contributed by atoms with Crippen molar-refractivity contribution in [3.8, 4) is 11.1 Å². The van der Waals surface area contributed by atoms with Crippen molar-refractivity contribution in [3.63, 3.8) is 0 Å². The normalized spacial score (nSPS) is 15.4. The summed E-state index contributed by atoms with van der Waals surface area (Å²) in [6.45, 7) is 5.50. The second-order valence-electron chi connectivity index (χ2n) is 10.9. The van der Waals surface area contributed by atoms with Gasteiger partial charge in [-0.15, -0.1) is 0 Å². The van der Waals surface area contributed by atoms with Gasteiger partial charge >= 0.3 is 0 Å². The minimum atomic E-state index is -1.78. The third-order valence-corrected chi connectivity index (χ3v) is 12.4. The van der Waals surface area contributed by atoms with Gasteiger partial charge in [0.1, 0.15) is 8.07 Å². The van der Waals surface area contributed by atoms with Gasteiger partial charge in [-0.3, -0.25) is 0 Å². The molecule has 0 saturated heterocycles. The lowest BCUT2D eigenvalue weighted by molar-refractivity contribution is 1.29. The van der Waals surface area contributed by atoms with E-state index in [2.05, 4.69) is 139 Å². The van der Waals surface area contributed by atoms with Gasteiger partial charge < -0.3 is 4.90 Å². The predicted molar refractivity (Wildman–Crippen MR) is 161 cm³/mol. The summed E-state index contributed by atoms with van der Waals surface area (Å²) in [4.78, 5) is 2.37. The van der Waals surface area contributed by atoms with Crippen molar-refractivity contribution in [2.45, 2.75) is 13.1 Å². The van der Waals surface area contributed by atoms with E-state index in [0.717, 1.165) is 0 Å². The van der Waals surface area contributed by atoms with Crippen molar-refractivity contribution in [1.29, 1.82) is 0 Å². The van der Waals surface area contributed by atoms with Crippen molar-refractivity contribution in [2.75, 3.05) is 4.90 Å². The van der Waals surface area contributed by atoms with E-state index in [0.29, 0.717) is 6.71 Å². The maximum absolute atomic E-state index is 2.55. The zero-order valence-corrected chi connectivity index (χ0v) is 22.1. The van der Waals surface area contributed by atoms with Crippen LogP contribution < -0.4 is 21.0 Å². The second kappa shape index (κ2) is 7.47. The van der Waals surface area contributed by atoms with Gasteiger partial charge in [-0.2, -0.15) is 0 Å². The first-order valence-electron chi connectivity index (χ1n) is 13.2. The molecule has 0 fully saturated rings. The Kier molecular flexibility index (Phi) is 4.25. The van der Waals surface area contributed by atoms with Gasteiger partial charge in [-0.1, -0.05) is 114 Å². The molecule has 0 bridgehead atoms. The minimum absolute atomic E-state index is 0.390. The zero-order chi connectivity index (χ0) is 24.7. The summed E-state index contributed by atoms with van der Waals surface area (Å²) >= 11 is 0. The number of fused-ring (bicyclic) bond motifs is 7. The third-order valence-electron chi connectivity index (χ3n) is 8.69. The van der Waals surface area contributed by atoms with Gasteiger partial charge in [0.25, 0.3) is 0 Å². The first-order chi connectivity index (χ1) is 18.1. The number of hydrogen-bond acceptors (Lipinski definition) is 1. The number of benzene rings is 5. The molecular weight excluding hydrogens is 461 g/mol. The van der Waals surface area contributed by atoms with Crippen LogP contribution in [0.1, 0.15) is 11.1 Å². The number of nitrogens with zero attached hydrogens (tertiary/aromatic N) is 1.